The number of nitrogens with one attached hydrogen (secondary N) is 3. The van der Waals surface area contributed by atoms with Crippen LogP contribution in [0.5, 0.6) is 0 Å². The normalized spacial score (nSPS) is 26.8. The predicted molar refractivity (Wildman–Crippen MR) is 58.0 cm³/mol. The molecule has 4 heteroatoms. The fourth-order valence-corrected chi connectivity index (χ4v) is 2.52. The van der Waals surface area contributed by atoms with Crippen molar-refractivity contribution in [3.63, 3.8) is 0 Å². The number of rotatable bonds is 2. The molecule has 4 nitrogen and oxygen atoms in total. The van der Waals surface area contributed by atoms with Crippen molar-refractivity contribution in [1.29, 1.82) is 0 Å². The van der Waals surface area contributed by atoms with Crippen molar-refractivity contribution < 1.29 is 0 Å². The lowest BCUT2D eigenvalue weighted by Gasteiger charge is -2.22. The maximum atomic E-state index is 11.7. The van der Waals surface area contributed by atoms with E-state index in [-0.39, 0.29) is 11.6 Å². The Morgan fingerprint density at radius 3 is 2.60 bits per heavy atom. The van der Waals surface area contributed by atoms with E-state index in [0.717, 1.165) is 18.5 Å². The van der Waals surface area contributed by atoms with Crippen molar-refractivity contribution in [2.75, 3.05) is 6.54 Å². The fraction of sp³-hybridized carbons (Fsp3) is 0.727. The Labute approximate surface area is 88.4 Å². The molecule has 3 rings (SSSR count). The van der Waals surface area contributed by atoms with Gasteiger partial charge in [-0.05, 0) is 32.2 Å². The quantitative estimate of drug-likeness (QED) is 0.686. The third-order valence-corrected chi connectivity index (χ3v) is 3.49. The van der Waals surface area contributed by atoms with Gasteiger partial charge in [0.05, 0.1) is 5.56 Å². The van der Waals surface area contributed by atoms with Crippen LogP contribution < -0.4 is 10.9 Å². The third-order valence-electron chi connectivity index (χ3n) is 3.49. The molecule has 15 heavy (non-hydrogen) atoms. The number of aromatic amines is 2. The first-order valence-electron chi connectivity index (χ1n) is 5.90. The van der Waals surface area contributed by atoms with E-state index in [4.69, 9.17) is 0 Å². The van der Waals surface area contributed by atoms with Crippen LogP contribution in [0.1, 0.15) is 55.3 Å². The lowest BCUT2D eigenvalue weighted by Crippen LogP contribution is -2.30. The van der Waals surface area contributed by atoms with Gasteiger partial charge in [0.1, 0.15) is 0 Å². The van der Waals surface area contributed by atoms with Crippen molar-refractivity contribution in [1.82, 2.24) is 15.5 Å². The zero-order valence-electron chi connectivity index (χ0n) is 8.81. The minimum atomic E-state index is 0.0799. The average molecular weight is 207 g/mol. The van der Waals surface area contributed by atoms with Crippen LogP contribution in [-0.4, -0.2) is 16.7 Å². The lowest BCUT2D eigenvalue weighted by atomic mass is 9.96. The number of hydrogen-bond donors (Lipinski definition) is 3. The van der Waals surface area contributed by atoms with Gasteiger partial charge in [0.25, 0.3) is 5.56 Å². The Bertz CT molecular complexity index is 396. The molecule has 1 aliphatic carbocycles. The van der Waals surface area contributed by atoms with E-state index in [1.54, 1.807) is 0 Å². The van der Waals surface area contributed by atoms with Gasteiger partial charge in [-0.2, -0.15) is 0 Å². The highest BCUT2D eigenvalue weighted by Gasteiger charge is 2.32. The molecule has 0 aromatic carbocycles. The van der Waals surface area contributed by atoms with E-state index in [1.165, 1.54) is 31.4 Å². The summed E-state index contributed by atoms with van der Waals surface area (Å²) in [4.78, 5) is 11.7. The zero-order chi connectivity index (χ0) is 10.3. The van der Waals surface area contributed by atoms with Crippen LogP contribution in [0.2, 0.25) is 0 Å². The van der Waals surface area contributed by atoms with E-state index in [1.807, 2.05) is 0 Å². The standard InChI is InChI=1S/C11H17N3O/c15-11-9(8-3-1-2-6-12-8)10(13-14-11)7-4-5-7/h7-8,12H,1-6H2,(H2,13,14,15). The van der Waals surface area contributed by atoms with E-state index in [2.05, 4.69) is 15.5 Å². The molecule has 1 atom stereocenters. The van der Waals surface area contributed by atoms with Gasteiger partial charge in [0.2, 0.25) is 0 Å². The Hall–Kier alpha value is -1.03. The first-order valence-corrected chi connectivity index (χ1v) is 5.90. The van der Waals surface area contributed by atoms with Gasteiger partial charge >= 0.3 is 0 Å². The first-order chi connectivity index (χ1) is 7.36. The molecule has 2 heterocycles. The van der Waals surface area contributed by atoms with Gasteiger partial charge in [-0.3, -0.25) is 9.89 Å². The van der Waals surface area contributed by atoms with Crippen LogP contribution in [0.15, 0.2) is 4.79 Å². The molecule has 2 fully saturated rings. The van der Waals surface area contributed by atoms with Crippen LogP contribution in [0.4, 0.5) is 0 Å². The van der Waals surface area contributed by atoms with E-state index in [9.17, 15) is 4.79 Å². The maximum absolute atomic E-state index is 11.7. The van der Waals surface area contributed by atoms with Gasteiger partial charge in [0, 0.05) is 17.7 Å². The third kappa shape index (κ3) is 1.63. The summed E-state index contributed by atoms with van der Waals surface area (Å²) in [5, 5.41) is 9.24. The fourth-order valence-electron chi connectivity index (χ4n) is 2.52. The smallest absolute Gasteiger partial charge is 0.268 e. The topological polar surface area (TPSA) is 60.7 Å². The van der Waals surface area contributed by atoms with E-state index < -0.39 is 0 Å². The van der Waals surface area contributed by atoms with Gasteiger partial charge in [-0.1, -0.05) is 6.42 Å². The van der Waals surface area contributed by atoms with Gasteiger partial charge in [-0.15, -0.1) is 0 Å². The first kappa shape index (κ1) is 9.21. The van der Waals surface area contributed by atoms with Crippen LogP contribution in [0.25, 0.3) is 0 Å². The van der Waals surface area contributed by atoms with Crippen LogP contribution in [-0.2, 0) is 0 Å². The highest BCUT2D eigenvalue weighted by molar-refractivity contribution is 5.27. The summed E-state index contributed by atoms with van der Waals surface area (Å²) in [5.74, 6) is 0.614. The summed E-state index contributed by atoms with van der Waals surface area (Å²) in [5.41, 5.74) is 2.23. The number of aromatic nitrogens is 2. The Balaban J connectivity index is 1.93. The second kappa shape index (κ2) is 3.52. The largest absolute Gasteiger partial charge is 0.310 e. The maximum Gasteiger partial charge on any atom is 0.268 e. The van der Waals surface area contributed by atoms with E-state index >= 15 is 0 Å². The summed E-state index contributed by atoms with van der Waals surface area (Å²) in [6.07, 6.45) is 6.02. The van der Waals surface area contributed by atoms with Crippen LogP contribution >= 0.6 is 0 Å². The number of H-pyrrole nitrogens is 2. The molecule has 1 unspecified atom stereocenters. The molecule has 0 bridgehead atoms. The predicted octanol–water partition coefficient (Wildman–Crippen LogP) is 1.39. The van der Waals surface area contributed by atoms with Crippen molar-refractivity contribution in [3.8, 4) is 0 Å². The number of hydrogen-bond acceptors (Lipinski definition) is 2. The molecule has 3 N–H and O–H groups in total. The average Bonchev–Trinajstić information content (AvgIpc) is 3.04. The zero-order valence-corrected chi connectivity index (χ0v) is 8.81. The van der Waals surface area contributed by atoms with Crippen LogP contribution in [0, 0.1) is 0 Å². The second-order valence-electron chi connectivity index (χ2n) is 4.68. The summed E-state index contributed by atoms with van der Waals surface area (Å²) in [7, 11) is 0. The van der Waals surface area contributed by atoms with Crippen molar-refractivity contribution in [2.24, 2.45) is 0 Å². The molecule has 1 saturated carbocycles. The molecule has 0 radical (unpaired) electrons. The summed E-state index contributed by atoms with van der Waals surface area (Å²) < 4.78 is 0. The van der Waals surface area contributed by atoms with E-state index in [0.29, 0.717) is 5.92 Å². The molecule has 2 aliphatic rings. The van der Waals surface area contributed by atoms with Crippen molar-refractivity contribution in [2.45, 2.75) is 44.1 Å². The highest BCUT2D eigenvalue weighted by atomic mass is 16.1. The lowest BCUT2D eigenvalue weighted by molar-refractivity contribution is 0.409. The molecular weight excluding hydrogens is 190 g/mol. The van der Waals surface area contributed by atoms with Gasteiger partial charge < -0.3 is 10.4 Å². The molecule has 0 spiro atoms. The molecular formula is C11H17N3O. The number of piperidine rings is 1. The highest BCUT2D eigenvalue weighted by Crippen LogP contribution is 2.41. The SMILES string of the molecule is O=c1[nH][nH]c(C2CC2)c1C1CCCCN1. The monoisotopic (exact) mass is 207 g/mol. The van der Waals surface area contributed by atoms with Gasteiger partial charge in [-0.25, -0.2) is 0 Å². The van der Waals surface area contributed by atoms with Crippen LogP contribution in [0.3, 0.4) is 0 Å². The molecule has 0 amide bonds. The Morgan fingerprint density at radius 2 is 1.93 bits per heavy atom. The Morgan fingerprint density at radius 1 is 1.07 bits per heavy atom. The molecule has 1 aromatic heterocycles. The summed E-state index contributed by atoms with van der Waals surface area (Å²) >= 11 is 0. The minimum Gasteiger partial charge on any atom is -0.310 e. The molecule has 1 saturated heterocycles. The molecule has 82 valence electrons. The van der Waals surface area contributed by atoms with Crippen molar-refractivity contribution in [3.05, 3.63) is 21.6 Å². The van der Waals surface area contributed by atoms with Gasteiger partial charge in [0.15, 0.2) is 0 Å². The molecule has 1 aromatic rings. The molecule has 1 aliphatic heterocycles. The van der Waals surface area contributed by atoms with Crippen molar-refractivity contribution >= 4 is 0 Å². The second-order valence-corrected chi connectivity index (χ2v) is 4.68. The summed E-state index contributed by atoms with van der Waals surface area (Å²) in [6, 6.07) is 0.282. The summed E-state index contributed by atoms with van der Waals surface area (Å²) in [6.45, 7) is 1.04. The minimum absolute atomic E-state index is 0.0799. The Kier molecular flexibility index (Phi) is 2.16.